The highest BCUT2D eigenvalue weighted by atomic mass is 127. The zero-order chi connectivity index (χ0) is 10.0. The van der Waals surface area contributed by atoms with Crippen molar-refractivity contribution in [3.8, 4) is 5.75 Å². The van der Waals surface area contributed by atoms with Crippen molar-refractivity contribution in [1.82, 2.24) is 0 Å². The van der Waals surface area contributed by atoms with Crippen LogP contribution < -0.4 is 4.74 Å². The Labute approximate surface area is 84.8 Å². The predicted molar refractivity (Wildman–Crippen MR) is 45.8 cm³/mol. The topological polar surface area (TPSA) is 9.23 Å². The fraction of sp³-hybridized carbons (Fsp3) is 0.143. The minimum atomic E-state index is -1.52. The average molecular weight is 306 g/mol. The molecule has 0 saturated heterocycles. The van der Waals surface area contributed by atoms with Gasteiger partial charge in [0.1, 0.15) is 4.61 Å². The molecule has 72 valence electrons. The smallest absolute Gasteiger partial charge is 0.203 e. The van der Waals surface area contributed by atoms with Gasteiger partial charge >= 0.3 is 0 Å². The van der Waals surface area contributed by atoms with Crippen LogP contribution in [0.5, 0.6) is 5.75 Å². The number of alkyl halides is 1. The number of hydrogen-bond acceptors (Lipinski definition) is 1. The molecular formula is C7H3F4IO. The van der Waals surface area contributed by atoms with E-state index >= 15 is 0 Å². The number of halogens is 5. The lowest BCUT2D eigenvalue weighted by Gasteiger charge is -2.05. The molecule has 0 amide bonds. The van der Waals surface area contributed by atoms with Gasteiger partial charge in [0, 0.05) is 6.07 Å². The van der Waals surface area contributed by atoms with Gasteiger partial charge in [-0.1, -0.05) is 0 Å². The summed E-state index contributed by atoms with van der Waals surface area (Å²) in [5, 5.41) is 0. The molecule has 0 aliphatic heterocycles. The van der Waals surface area contributed by atoms with Crippen molar-refractivity contribution in [1.29, 1.82) is 0 Å². The summed E-state index contributed by atoms with van der Waals surface area (Å²) in [6, 6.07) is 0.130. The van der Waals surface area contributed by atoms with Gasteiger partial charge in [-0.15, -0.1) is 0 Å². The first-order chi connectivity index (χ1) is 6.07. The van der Waals surface area contributed by atoms with Crippen molar-refractivity contribution in [2.45, 2.75) is 0 Å². The average Bonchev–Trinajstić information content (AvgIpc) is 2.09. The molecule has 0 saturated carbocycles. The Morgan fingerprint density at radius 3 is 1.92 bits per heavy atom. The standard InChI is InChI=1S/C7H3F4IO/c8-3-1-4(9)6(11)7(5(3)10)13-2-12/h1H,2H2. The molecule has 0 aromatic heterocycles. The molecule has 0 radical (unpaired) electrons. The van der Waals surface area contributed by atoms with Gasteiger partial charge < -0.3 is 4.74 Å². The summed E-state index contributed by atoms with van der Waals surface area (Å²) in [5.41, 5.74) is 0. The molecule has 0 fully saturated rings. The Morgan fingerprint density at radius 1 is 1.08 bits per heavy atom. The van der Waals surface area contributed by atoms with E-state index in [1.165, 1.54) is 0 Å². The highest BCUT2D eigenvalue weighted by Gasteiger charge is 2.19. The first-order valence-electron chi connectivity index (χ1n) is 3.09. The monoisotopic (exact) mass is 306 g/mol. The first-order valence-corrected chi connectivity index (χ1v) is 4.62. The van der Waals surface area contributed by atoms with Crippen LogP contribution >= 0.6 is 22.6 Å². The van der Waals surface area contributed by atoms with Crippen molar-refractivity contribution >= 4 is 22.6 Å². The van der Waals surface area contributed by atoms with E-state index in [0.717, 1.165) is 0 Å². The van der Waals surface area contributed by atoms with E-state index in [0.29, 0.717) is 0 Å². The summed E-state index contributed by atoms with van der Waals surface area (Å²) in [6.07, 6.45) is 0. The normalized spacial score (nSPS) is 10.2. The van der Waals surface area contributed by atoms with Crippen molar-refractivity contribution < 1.29 is 22.3 Å². The quantitative estimate of drug-likeness (QED) is 0.353. The van der Waals surface area contributed by atoms with Gasteiger partial charge in [0.2, 0.25) is 11.6 Å². The van der Waals surface area contributed by atoms with Crippen LogP contribution in [0, 0.1) is 23.3 Å². The molecule has 13 heavy (non-hydrogen) atoms. The van der Waals surface area contributed by atoms with Gasteiger partial charge in [-0.3, -0.25) is 0 Å². The SMILES string of the molecule is Fc1cc(F)c(F)c(OCI)c1F. The third-order valence-electron chi connectivity index (χ3n) is 1.27. The lowest BCUT2D eigenvalue weighted by atomic mass is 10.3. The number of rotatable bonds is 2. The molecular weight excluding hydrogens is 303 g/mol. The molecule has 0 heterocycles. The summed E-state index contributed by atoms with van der Waals surface area (Å²) in [7, 11) is 0. The second kappa shape index (κ2) is 4.12. The fourth-order valence-corrected chi connectivity index (χ4v) is 1.04. The second-order valence-electron chi connectivity index (χ2n) is 2.05. The fourth-order valence-electron chi connectivity index (χ4n) is 0.733. The summed E-state index contributed by atoms with van der Waals surface area (Å²) >= 11 is 1.65. The van der Waals surface area contributed by atoms with E-state index in [1.807, 2.05) is 0 Å². The van der Waals surface area contributed by atoms with Gasteiger partial charge in [0.25, 0.3) is 0 Å². The Hall–Kier alpha value is -0.530. The second-order valence-corrected chi connectivity index (χ2v) is 2.67. The van der Waals surface area contributed by atoms with Crippen LogP contribution in [-0.4, -0.2) is 4.61 Å². The Morgan fingerprint density at radius 2 is 1.54 bits per heavy atom. The van der Waals surface area contributed by atoms with E-state index in [4.69, 9.17) is 0 Å². The van der Waals surface area contributed by atoms with Crippen molar-refractivity contribution in [3.63, 3.8) is 0 Å². The van der Waals surface area contributed by atoms with Gasteiger partial charge in [-0.2, -0.15) is 8.78 Å². The molecule has 0 bridgehead atoms. The molecule has 0 spiro atoms. The molecule has 6 heteroatoms. The summed E-state index contributed by atoms with van der Waals surface area (Å²) < 4.78 is 54.7. The lowest BCUT2D eigenvalue weighted by molar-refractivity contribution is 0.326. The van der Waals surface area contributed by atoms with E-state index < -0.39 is 29.0 Å². The van der Waals surface area contributed by atoms with Gasteiger partial charge in [-0.05, 0) is 22.6 Å². The van der Waals surface area contributed by atoms with Crippen LogP contribution in [0.4, 0.5) is 17.6 Å². The molecule has 1 rings (SSSR count). The third-order valence-corrected chi connectivity index (χ3v) is 1.58. The summed E-state index contributed by atoms with van der Waals surface area (Å²) in [4.78, 5) is 0. The van der Waals surface area contributed by atoms with Gasteiger partial charge in [0.05, 0.1) is 0 Å². The Balaban J connectivity index is 3.28. The van der Waals surface area contributed by atoms with Crippen molar-refractivity contribution in [3.05, 3.63) is 29.3 Å². The van der Waals surface area contributed by atoms with Crippen molar-refractivity contribution in [2.24, 2.45) is 0 Å². The molecule has 0 aliphatic rings. The molecule has 0 aliphatic carbocycles. The number of ether oxygens (including phenoxy) is 1. The molecule has 0 N–H and O–H groups in total. The zero-order valence-electron chi connectivity index (χ0n) is 6.08. The third kappa shape index (κ3) is 2.04. The largest absolute Gasteiger partial charge is 0.477 e. The van der Waals surface area contributed by atoms with E-state index in [9.17, 15) is 17.6 Å². The van der Waals surface area contributed by atoms with Gasteiger partial charge in [-0.25, -0.2) is 8.78 Å². The molecule has 1 aromatic rings. The van der Waals surface area contributed by atoms with Crippen LogP contribution in [0.2, 0.25) is 0 Å². The minimum Gasteiger partial charge on any atom is -0.477 e. The van der Waals surface area contributed by atoms with E-state index in [-0.39, 0.29) is 10.7 Å². The lowest BCUT2D eigenvalue weighted by Crippen LogP contribution is -2.01. The number of hydrogen-bond donors (Lipinski definition) is 0. The maximum absolute atomic E-state index is 12.7. The summed E-state index contributed by atoms with van der Waals surface area (Å²) in [6.45, 7) is 0. The Bertz CT molecular complexity index is 303. The van der Waals surface area contributed by atoms with Crippen LogP contribution in [-0.2, 0) is 0 Å². The maximum Gasteiger partial charge on any atom is 0.203 e. The van der Waals surface area contributed by atoms with E-state index in [2.05, 4.69) is 4.74 Å². The molecule has 0 atom stereocenters. The maximum atomic E-state index is 12.7. The van der Waals surface area contributed by atoms with Gasteiger partial charge in [0.15, 0.2) is 17.4 Å². The predicted octanol–water partition coefficient (Wildman–Crippen LogP) is 3.01. The van der Waals surface area contributed by atoms with Crippen LogP contribution in [0.1, 0.15) is 0 Å². The van der Waals surface area contributed by atoms with Crippen molar-refractivity contribution in [2.75, 3.05) is 4.61 Å². The van der Waals surface area contributed by atoms with Crippen LogP contribution in [0.3, 0.4) is 0 Å². The first kappa shape index (κ1) is 10.6. The highest BCUT2D eigenvalue weighted by Crippen LogP contribution is 2.26. The van der Waals surface area contributed by atoms with E-state index in [1.54, 1.807) is 22.6 Å². The zero-order valence-corrected chi connectivity index (χ0v) is 8.24. The number of benzene rings is 1. The minimum absolute atomic E-state index is 0.103. The molecule has 1 aromatic carbocycles. The van der Waals surface area contributed by atoms with Crippen LogP contribution in [0.25, 0.3) is 0 Å². The Kier molecular flexibility index (Phi) is 3.34. The summed E-state index contributed by atoms with van der Waals surface area (Å²) in [5.74, 6) is -7.00. The molecule has 1 nitrogen and oxygen atoms in total. The highest BCUT2D eigenvalue weighted by molar-refractivity contribution is 14.1. The molecule has 0 unspecified atom stereocenters. The van der Waals surface area contributed by atoms with Crippen LogP contribution in [0.15, 0.2) is 6.07 Å².